The molecule has 0 fully saturated rings. The summed E-state index contributed by atoms with van der Waals surface area (Å²) in [6.07, 6.45) is 1.10. The summed E-state index contributed by atoms with van der Waals surface area (Å²) in [6.45, 7) is 6.16. The SMILES string of the molecule is CNCCCNc1cc(C)cc(C)c1OC. The van der Waals surface area contributed by atoms with Gasteiger partial charge in [-0.3, -0.25) is 0 Å². The normalized spacial score (nSPS) is 10.2. The molecule has 0 saturated carbocycles. The molecule has 0 heterocycles. The summed E-state index contributed by atoms with van der Waals surface area (Å²) in [4.78, 5) is 0. The maximum atomic E-state index is 5.41. The van der Waals surface area contributed by atoms with Crippen molar-refractivity contribution in [1.82, 2.24) is 5.32 Å². The molecule has 0 aliphatic heterocycles. The molecule has 0 unspecified atom stereocenters. The van der Waals surface area contributed by atoms with Crippen LogP contribution < -0.4 is 15.4 Å². The van der Waals surface area contributed by atoms with Crippen molar-refractivity contribution in [3.8, 4) is 5.75 Å². The molecule has 0 saturated heterocycles. The topological polar surface area (TPSA) is 33.3 Å². The zero-order valence-electron chi connectivity index (χ0n) is 10.7. The van der Waals surface area contributed by atoms with Crippen LogP contribution in [0.3, 0.4) is 0 Å². The van der Waals surface area contributed by atoms with Gasteiger partial charge in [0.1, 0.15) is 5.75 Å². The summed E-state index contributed by atoms with van der Waals surface area (Å²) in [6, 6.07) is 4.27. The predicted octanol–water partition coefficient (Wildman–Crippen LogP) is 2.33. The van der Waals surface area contributed by atoms with E-state index < -0.39 is 0 Å². The molecular formula is C13H22N2O. The fourth-order valence-corrected chi connectivity index (χ4v) is 1.84. The van der Waals surface area contributed by atoms with Gasteiger partial charge in [0, 0.05) is 6.54 Å². The van der Waals surface area contributed by atoms with E-state index in [1.807, 2.05) is 7.05 Å². The maximum absolute atomic E-state index is 5.41. The van der Waals surface area contributed by atoms with Crippen LogP contribution >= 0.6 is 0 Å². The number of ether oxygens (including phenoxy) is 1. The summed E-state index contributed by atoms with van der Waals surface area (Å²) in [7, 11) is 3.69. The molecule has 90 valence electrons. The first kappa shape index (κ1) is 12.8. The number of hydrogen-bond donors (Lipinski definition) is 2. The molecule has 16 heavy (non-hydrogen) atoms. The Morgan fingerprint density at radius 3 is 2.56 bits per heavy atom. The number of benzene rings is 1. The van der Waals surface area contributed by atoms with Crippen LogP contribution in [-0.2, 0) is 0 Å². The molecular weight excluding hydrogens is 200 g/mol. The number of anilines is 1. The van der Waals surface area contributed by atoms with Crippen LogP contribution in [0.15, 0.2) is 12.1 Å². The molecule has 1 aromatic rings. The van der Waals surface area contributed by atoms with Gasteiger partial charge in [-0.15, -0.1) is 0 Å². The molecule has 0 atom stereocenters. The molecule has 0 amide bonds. The van der Waals surface area contributed by atoms with Gasteiger partial charge < -0.3 is 15.4 Å². The van der Waals surface area contributed by atoms with Gasteiger partial charge >= 0.3 is 0 Å². The Morgan fingerprint density at radius 1 is 1.19 bits per heavy atom. The van der Waals surface area contributed by atoms with Crippen LogP contribution in [0.4, 0.5) is 5.69 Å². The maximum Gasteiger partial charge on any atom is 0.144 e. The van der Waals surface area contributed by atoms with Crippen molar-refractivity contribution in [3.05, 3.63) is 23.3 Å². The van der Waals surface area contributed by atoms with Crippen molar-refractivity contribution < 1.29 is 4.74 Å². The fourth-order valence-electron chi connectivity index (χ4n) is 1.84. The van der Waals surface area contributed by atoms with Gasteiger partial charge in [0.2, 0.25) is 0 Å². The first-order valence-electron chi connectivity index (χ1n) is 5.72. The largest absolute Gasteiger partial charge is 0.494 e. The molecule has 0 spiro atoms. The third kappa shape index (κ3) is 3.42. The number of nitrogens with one attached hydrogen (secondary N) is 2. The average Bonchev–Trinajstić information content (AvgIpc) is 2.24. The van der Waals surface area contributed by atoms with E-state index in [-0.39, 0.29) is 0 Å². The molecule has 3 nitrogen and oxygen atoms in total. The molecule has 1 rings (SSSR count). The lowest BCUT2D eigenvalue weighted by Crippen LogP contribution is -2.13. The molecule has 0 aromatic heterocycles. The number of methoxy groups -OCH3 is 1. The minimum Gasteiger partial charge on any atom is -0.494 e. The van der Waals surface area contributed by atoms with Crippen LogP contribution in [0.2, 0.25) is 0 Å². The second kappa shape index (κ2) is 6.38. The van der Waals surface area contributed by atoms with E-state index >= 15 is 0 Å². The monoisotopic (exact) mass is 222 g/mol. The van der Waals surface area contributed by atoms with Crippen LogP contribution in [-0.4, -0.2) is 27.2 Å². The summed E-state index contributed by atoms with van der Waals surface area (Å²) >= 11 is 0. The van der Waals surface area contributed by atoms with Gasteiger partial charge in [-0.25, -0.2) is 0 Å². The lowest BCUT2D eigenvalue weighted by Gasteiger charge is -2.14. The molecule has 3 heteroatoms. The third-order valence-corrected chi connectivity index (χ3v) is 2.54. The molecule has 2 N–H and O–H groups in total. The second-order valence-electron chi connectivity index (χ2n) is 4.05. The van der Waals surface area contributed by atoms with E-state index in [0.29, 0.717) is 0 Å². The van der Waals surface area contributed by atoms with Crippen molar-refractivity contribution in [2.75, 3.05) is 32.6 Å². The van der Waals surface area contributed by atoms with E-state index in [0.717, 1.165) is 30.9 Å². The van der Waals surface area contributed by atoms with Crippen LogP contribution in [0, 0.1) is 13.8 Å². The minimum absolute atomic E-state index is 0.954. The standard InChI is InChI=1S/C13H22N2O/c1-10-8-11(2)13(16-4)12(9-10)15-7-5-6-14-3/h8-9,14-15H,5-7H2,1-4H3. The highest BCUT2D eigenvalue weighted by atomic mass is 16.5. The molecule has 0 bridgehead atoms. The first-order valence-corrected chi connectivity index (χ1v) is 5.72. The van der Waals surface area contributed by atoms with Crippen molar-refractivity contribution in [1.29, 1.82) is 0 Å². The lowest BCUT2D eigenvalue weighted by molar-refractivity contribution is 0.413. The van der Waals surface area contributed by atoms with Crippen LogP contribution in [0.5, 0.6) is 5.75 Å². The van der Waals surface area contributed by atoms with Crippen LogP contribution in [0.1, 0.15) is 17.5 Å². The average molecular weight is 222 g/mol. The summed E-state index contributed by atoms with van der Waals surface area (Å²) < 4.78 is 5.41. The van der Waals surface area contributed by atoms with E-state index in [9.17, 15) is 0 Å². The van der Waals surface area contributed by atoms with Gasteiger partial charge in [0.05, 0.1) is 12.8 Å². The molecule has 0 aliphatic rings. The van der Waals surface area contributed by atoms with Crippen molar-refractivity contribution in [3.63, 3.8) is 0 Å². The molecule has 0 radical (unpaired) electrons. The number of aryl methyl sites for hydroxylation is 2. The Bertz CT molecular complexity index is 337. The second-order valence-corrected chi connectivity index (χ2v) is 4.05. The zero-order valence-corrected chi connectivity index (χ0v) is 10.7. The Hall–Kier alpha value is -1.22. The third-order valence-electron chi connectivity index (χ3n) is 2.54. The van der Waals surface area contributed by atoms with Gasteiger partial charge in [-0.1, -0.05) is 6.07 Å². The lowest BCUT2D eigenvalue weighted by atomic mass is 10.1. The summed E-state index contributed by atoms with van der Waals surface area (Å²) in [5.74, 6) is 0.954. The van der Waals surface area contributed by atoms with Crippen molar-refractivity contribution in [2.24, 2.45) is 0 Å². The number of rotatable bonds is 6. The zero-order chi connectivity index (χ0) is 12.0. The number of hydrogen-bond acceptors (Lipinski definition) is 3. The van der Waals surface area contributed by atoms with Gasteiger partial charge in [-0.05, 0) is 51.1 Å². The van der Waals surface area contributed by atoms with Crippen LogP contribution in [0.25, 0.3) is 0 Å². The predicted molar refractivity (Wildman–Crippen MR) is 69.5 cm³/mol. The smallest absolute Gasteiger partial charge is 0.144 e. The van der Waals surface area contributed by atoms with Crippen molar-refractivity contribution in [2.45, 2.75) is 20.3 Å². The highest BCUT2D eigenvalue weighted by Crippen LogP contribution is 2.29. The molecule has 1 aromatic carbocycles. The Labute approximate surface area is 98.2 Å². The highest BCUT2D eigenvalue weighted by Gasteiger charge is 2.06. The van der Waals surface area contributed by atoms with E-state index in [1.165, 1.54) is 11.1 Å². The quantitative estimate of drug-likeness (QED) is 0.725. The van der Waals surface area contributed by atoms with Gasteiger partial charge in [0.25, 0.3) is 0 Å². The fraction of sp³-hybridized carbons (Fsp3) is 0.538. The highest BCUT2D eigenvalue weighted by molar-refractivity contribution is 5.61. The van der Waals surface area contributed by atoms with E-state index in [2.05, 4.69) is 36.6 Å². The van der Waals surface area contributed by atoms with Gasteiger partial charge in [0.15, 0.2) is 0 Å². The van der Waals surface area contributed by atoms with E-state index in [4.69, 9.17) is 4.74 Å². The Kier molecular flexibility index (Phi) is 5.12. The molecule has 0 aliphatic carbocycles. The van der Waals surface area contributed by atoms with Gasteiger partial charge in [-0.2, -0.15) is 0 Å². The van der Waals surface area contributed by atoms with Crippen molar-refractivity contribution >= 4 is 5.69 Å². The Balaban J connectivity index is 2.69. The minimum atomic E-state index is 0.954. The summed E-state index contributed by atoms with van der Waals surface area (Å²) in [5, 5.41) is 6.55. The summed E-state index contributed by atoms with van der Waals surface area (Å²) in [5.41, 5.74) is 3.53. The first-order chi connectivity index (χ1) is 7.69. The van der Waals surface area contributed by atoms with E-state index in [1.54, 1.807) is 7.11 Å². The Morgan fingerprint density at radius 2 is 1.94 bits per heavy atom.